The quantitative estimate of drug-likeness (QED) is 0.718. The Labute approximate surface area is 122 Å². The van der Waals surface area contributed by atoms with Crippen molar-refractivity contribution < 1.29 is 9.90 Å². The van der Waals surface area contributed by atoms with Crippen molar-refractivity contribution in [2.75, 3.05) is 19.6 Å². The summed E-state index contributed by atoms with van der Waals surface area (Å²) in [5, 5.41) is 12.8. The van der Waals surface area contributed by atoms with E-state index < -0.39 is 11.5 Å². The average molecular weight is 282 g/mol. The maximum absolute atomic E-state index is 11.5. The van der Waals surface area contributed by atoms with Crippen LogP contribution in [0.1, 0.15) is 58.8 Å². The van der Waals surface area contributed by atoms with E-state index in [0.29, 0.717) is 6.04 Å². The van der Waals surface area contributed by atoms with Gasteiger partial charge in [0, 0.05) is 12.6 Å². The van der Waals surface area contributed by atoms with Crippen LogP contribution in [-0.4, -0.2) is 47.2 Å². The number of nitrogens with one attached hydrogen (secondary N) is 1. The van der Waals surface area contributed by atoms with Crippen LogP contribution in [0.3, 0.4) is 0 Å². The summed E-state index contributed by atoms with van der Waals surface area (Å²) in [6.45, 7) is 7.56. The Morgan fingerprint density at radius 3 is 2.75 bits per heavy atom. The lowest BCUT2D eigenvalue weighted by Gasteiger charge is -2.33. The molecular formula is C16H30N2O2. The molecule has 1 aliphatic heterocycles. The molecule has 2 aliphatic rings. The maximum Gasteiger partial charge on any atom is 0.323 e. The number of aliphatic carboxylic acids is 1. The summed E-state index contributed by atoms with van der Waals surface area (Å²) in [7, 11) is 0. The van der Waals surface area contributed by atoms with Gasteiger partial charge >= 0.3 is 5.97 Å². The van der Waals surface area contributed by atoms with E-state index in [1.54, 1.807) is 0 Å². The lowest BCUT2D eigenvalue weighted by Crippen LogP contribution is -2.51. The van der Waals surface area contributed by atoms with Crippen molar-refractivity contribution in [1.29, 1.82) is 0 Å². The van der Waals surface area contributed by atoms with Crippen LogP contribution in [0.2, 0.25) is 0 Å². The zero-order valence-electron chi connectivity index (χ0n) is 13.0. The number of likely N-dealkylation sites (tertiary alicyclic amines) is 1. The first-order valence-electron chi connectivity index (χ1n) is 8.27. The average Bonchev–Trinajstić information content (AvgIpc) is 3.22. The van der Waals surface area contributed by atoms with Gasteiger partial charge in [-0.1, -0.05) is 13.3 Å². The molecule has 0 amide bonds. The van der Waals surface area contributed by atoms with E-state index in [1.165, 1.54) is 32.4 Å². The molecule has 0 aromatic rings. The van der Waals surface area contributed by atoms with Gasteiger partial charge in [-0.2, -0.15) is 0 Å². The molecular weight excluding hydrogens is 252 g/mol. The third-order valence-corrected chi connectivity index (χ3v) is 4.90. The second kappa shape index (κ2) is 6.90. The largest absolute Gasteiger partial charge is 0.480 e. The molecule has 0 aromatic carbocycles. The van der Waals surface area contributed by atoms with Crippen LogP contribution in [0.25, 0.3) is 0 Å². The van der Waals surface area contributed by atoms with Crippen LogP contribution in [0, 0.1) is 5.92 Å². The Balaban J connectivity index is 1.73. The van der Waals surface area contributed by atoms with Gasteiger partial charge in [0.1, 0.15) is 5.54 Å². The number of nitrogens with zero attached hydrogens (tertiary/aromatic N) is 1. The normalized spacial score (nSPS) is 27.2. The van der Waals surface area contributed by atoms with Crippen LogP contribution >= 0.6 is 0 Å². The smallest absolute Gasteiger partial charge is 0.323 e. The summed E-state index contributed by atoms with van der Waals surface area (Å²) in [5.74, 6) is 0.147. The molecule has 116 valence electrons. The van der Waals surface area contributed by atoms with Gasteiger partial charge in [-0.3, -0.25) is 10.1 Å². The molecule has 1 saturated carbocycles. The highest BCUT2D eigenvalue weighted by atomic mass is 16.4. The lowest BCUT2D eigenvalue weighted by molar-refractivity contribution is -0.144. The van der Waals surface area contributed by atoms with Crippen molar-refractivity contribution in [3.63, 3.8) is 0 Å². The minimum absolute atomic E-state index is 0.440. The van der Waals surface area contributed by atoms with E-state index in [0.717, 1.165) is 38.1 Å². The van der Waals surface area contributed by atoms with Gasteiger partial charge in [-0.05, 0) is 64.5 Å². The number of rotatable bonds is 8. The summed E-state index contributed by atoms with van der Waals surface area (Å²) < 4.78 is 0. The summed E-state index contributed by atoms with van der Waals surface area (Å²) in [6, 6.07) is 0.440. The highest BCUT2D eigenvalue weighted by molar-refractivity contribution is 5.78. The number of hydrogen-bond donors (Lipinski definition) is 2. The van der Waals surface area contributed by atoms with Crippen LogP contribution in [-0.2, 0) is 4.79 Å². The SMILES string of the molecule is CCC1CCCN(CCCC(C)(NC2CC2)C(=O)O)C1. The molecule has 0 bridgehead atoms. The number of carbonyl (C=O) groups is 1. The van der Waals surface area contributed by atoms with Gasteiger partial charge in [-0.15, -0.1) is 0 Å². The molecule has 2 fully saturated rings. The van der Waals surface area contributed by atoms with Crippen LogP contribution in [0.4, 0.5) is 0 Å². The molecule has 2 N–H and O–H groups in total. The van der Waals surface area contributed by atoms with E-state index in [-0.39, 0.29) is 0 Å². The van der Waals surface area contributed by atoms with Gasteiger partial charge in [-0.25, -0.2) is 0 Å². The fourth-order valence-electron chi connectivity index (χ4n) is 3.26. The minimum atomic E-state index is -0.735. The summed E-state index contributed by atoms with van der Waals surface area (Å²) in [6.07, 6.45) is 7.90. The molecule has 0 spiro atoms. The number of piperidine rings is 1. The molecule has 2 rings (SSSR count). The van der Waals surface area contributed by atoms with Gasteiger partial charge in [0.05, 0.1) is 0 Å². The van der Waals surface area contributed by atoms with E-state index in [4.69, 9.17) is 0 Å². The molecule has 20 heavy (non-hydrogen) atoms. The van der Waals surface area contributed by atoms with Gasteiger partial charge in [0.25, 0.3) is 0 Å². The van der Waals surface area contributed by atoms with Crippen LogP contribution < -0.4 is 5.32 Å². The first-order chi connectivity index (χ1) is 9.53. The first kappa shape index (κ1) is 15.8. The van der Waals surface area contributed by atoms with Gasteiger partial charge in [0.15, 0.2) is 0 Å². The van der Waals surface area contributed by atoms with Gasteiger partial charge < -0.3 is 10.0 Å². The fourth-order valence-corrected chi connectivity index (χ4v) is 3.26. The molecule has 1 aliphatic carbocycles. The number of carboxylic acids is 1. The second-order valence-corrected chi connectivity index (χ2v) is 6.88. The highest BCUT2D eigenvalue weighted by Crippen LogP contribution is 2.25. The number of hydrogen-bond acceptors (Lipinski definition) is 3. The molecule has 4 heteroatoms. The van der Waals surface area contributed by atoms with Crippen LogP contribution in [0.15, 0.2) is 0 Å². The zero-order valence-corrected chi connectivity index (χ0v) is 13.0. The third kappa shape index (κ3) is 4.45. The van der Waals surface area contributed by atoms with E-state index >= 15 is 0 Å². The maximum atomic E-state index is 11.5. The molecule has 1 heterocycles. The third-order valence-electron chi connectivity index (χ3n) is 4.90. The highest BCUT2D eigenvalue weighted by Gasteiger charge is 2.38. The van der Waals surface area contributed by atoms with E-state index in [2.05, 4.69) is 17.1 Å². The molecule has 4 nitrogen and oxygen atoms in total. The molecule has 1 saturated heterocycles. The Kier molecular flexibility index (Phi) is 5.44. The van der Waals surface area contributed by atoms with Crippen molar-refractivity contribution in [2.45, 2.75) is 70.4 Å². The Morgan fingerprint density at radius 2 is 2.15 bits per heavy atom. The summed E-state index contributed by atoms with van der Waals surface area (Å²) in [5.41, 5.74) is -0.735. The van der Waals surface area contributed by atoms with E-state index in [9.17, 15) is 9.90 Å². The molecule has 2 unspecified atom stereocenters. The monoisotopic (exact) mass is 282 g/mol. The van der Waals surface area contributed by atoms with Crippen molar-refractivity contribution >= 4 is 5.97 Å². The Bertz CT molecular complexity index is 330. The van der Waals surface area contributed by atoms with Crippen molar-refractivity contribution in [3.8, 4) is 0 Å². The topological polar surface area (TPSA) is 52.6 Å². The second-order valence-electron chi connectivity index (χ2n) is 6.88. The Morgan fingerprint density at radius 1 is 1.40 bits per heavy atom. The zero-order chi connectivity index (χ0) is 14.6. The lowest BCUT2D eigenvalue weighted by atomic mass is 9.93. The standard InChI is InChI=1S/C16H30N2O2/c1-3-13-6-4-10-18(12-13)11-5-9-16(2,15(19)20)17-14-7-8-14/h13-14,17H,3-12H2,1-2H3,(H,19,20). The summed E-state index contributed by atoms with van der Waals surface area (Å²) in [4.78, 5) is 14.0. The minimum Gasteiger partial charge on any atom is -0.480 e. The Hall–Kier alpha value is -0.610. The predicted octanol–water partition coefficient (Wildman–Crippen LogP) is 2.48. The van der Waals surface area contributed by atoms with Crippen molar-refractivity contribution in [2.24, 2.45) is 5.92 Å². The van der Waals surface area contributed by atoms with Crippen molar-refractivity contribution in [1.82, 2.24) is 10.2 Å². The molecule has 2 atom stereocenters. The first-order valence-corrected chi connectivity index (χ1v) is 8.27. The van der Waals surface area contributed by atoms with E-state index in [1.807, 2.05) is 6.92 Å². The number of carboxylic acid groups (broad SMARTS) is 1. The fraction of sp³-hybridized carbons (Fsp3) is 0.938. The molecule has 0 radical (unpaired) electrons. The molecule has 0 aromatic heterocycles. The van der Waals surface area contributed by atoms with Crippen LogP contribution in [0.5, 0.6) is 0 Å². The predicted molar refractivity (Wildman–Crippen MR) is 80.9 cm³/mol. The van der Waals surface area contributed by atoms with Gasteiger partial charge in [0.2, 0.25) is 0 Å². The van der Waals surface area contributed by atoms with Crippen molar-refractivity contribution in [3.05, 3.63) is 0 Å². The summed E-state index contributed by atoms with van der Waals surface area (Å²) >= 11 is 0.